The van der Waals surface area contributed by atoms with Gasteiger partial charge in [-0.15, -0.1) is 0 Å². The molecule has 0 aliphatic carbocycles. The summed E-state index contributed by atoms with van der Waals surface area (Å²) in [4.78, 5) is 12.3. The Morgan fingerprint density at radius 3 is 2.27 bits per heavy atom. The largest absolute Gasteiger partial charge is 0.456 e. The van der Waals surface area contributed by atoms with E-state index in [2.05, 4.69) is 31.2 Å². The van der Waals surface area contributed by atoms with E-state index >= 15 is 0 Å². The number of unbranched alkanes of at least 4 members (excludes halogenated alkanes) is 8. The van der Waals surface area contributed by atoms with Crippen LogP contribution in [0, 0.1) is 0 Å². The fraction of sp³-hybridized carbons (Fsp3) is 0.808. The molecule has 190 valence electrons. The molecular formula is C26H44O7. The second-order valence-electron chi connectivity index (χ2n) is 8.92. The molecule has 2 N–H and O–H groups in total. The van der Waals surface area contributed by atoms with Crippen LogP contribution >= 0.6 is 0 Å². The van der Waals surface area contributed by atoms with Crippen molar-refractivity contribution in [3.63, 3.8) is 0 Å². The summed E-state index contributed by atoms with van der Waals surface area (Å²) in [5.74, 6) is -1.74. The highest BCUT2D eigenvalue weighted by Gasteiger charge is 2.55. The molecule has 2 saturated heterocycles. The van der Waals surface area contributed by atoms with E-state index in [-0.39, 0.29) is 12.6 Å². The second kappa shape index (κ2) is 16.4. The number of ether oxygens (including phenoxy) is 4. The van der Waals surface area contributed by atoms with Gasteiger partial charge in [-0.25, -0.2) is 0 Å². The summed E-state index contributed by atoms with van der Waals surface area (Å²) >= 11 is 0. The second-order valence-corrected chi connectivity index (χ2v) is 8.92. The lowest BCUT2D eigenvalue weighted by molar-refractivity contribution is -0.257. The molecule has 2 aliphatic heterocycles. The first-order valence-electron chi connectivity index (χ1n) is 12.8. The Bertz CT molecular complexity index is 583. The van der Waals surface area contributed by atoms with Crippen LogP contribution in [-0.2, 0) is 23.7 Å². The molecule has 0 spiro atoms. The van der Waals surface area contributed by atoms with Gasteiger partial charge in [0, 0.05) is 6.42 Å². The average Bonchev–Trinajstić information content (AvgIpc) is 3.44. The van der Waals surface area contributed by atoms with Crippen molar-refractivity contribution < 1.29 is 34.0 Å². The van der Waals surface area contributed by atoms with Crippen LogP contribution in [-0.4, -0.2) is 66.7 Å². The number of carbonyl (C=O) groups excluding carboxylic acids is 1. The van der Waals surface area contributed by atoms with Gasteiger partial charge in [0.05, 0.1) is 19.8 Å². The van der Waals surface area contributed by atoms with E-state index < -0.39 is 30.7 Å². The number of hydrogen-bond donors (Lipinski definition) is 2. The number of rotatable bonds is 17. The Balaban J connectivity index is 1.51. The first kappa shape index (κ1) is 28.0. The van der Waals surface area contributed by atoms with Crippen LogP contribution in [0.5, 0.6) is 0 Å². The summed E-state index contributed by atoms with van der Waals surface area (Å²) in [6, 6.07) is 0. The minimum atomic E-state index is -1.37. The van der Waals surface area contributed by atoms with E-state index in [4.69, 9.17) is 18.9 Å². The third-order valence-electron chi connectivity index (χ3n) is 6.15. The van der Waals surface area contributed by atoms with Crippen molar-refractivity contribution >= 4 is 5.97 Å². The highest BCUT2D eigenvalue weighted by molar-refractivity contribution is 5.69. The van der Waals surface area contributed by atoms with E-state index in [1.54, 1.807) is 0 Å². The third kappa shape index (κ3) is 9.87. The molecule has 0 amide bonds. The SMILES string of the molecule is CCCCC/C=C\C/C=C\CCCCCCCC(=O)O[C@@H]1[C@@H](O)CO[C@@H]1C1(CO)OCCO1. The Hall–Kier alpha value is -1.25. The lowest BCUT2D eigenvalue weighted by Gasteiger charge is -2.33. The summed E-state index contributed by atoms with van der Waals surface area (Å²) in [7, 11) is 0. The van der Waals surface area contributed by atoms with Crippen LogP contribution in [0.15, 0.2) is 24.3 Å². The van der Waals surface area contributed by atoms with Crippen molar-refractivity contribution in [3.8, 4) is 0 Å². The molecule has 2 heterocycles. The van der Waals surface area contributed by atoms with Crippen LogP contribution in [0.2, 0.25) is 0 Å². The molecule has 0 unspecified atom stereocenters. The molecule has 3 atom stereocenters. The molecule has 7 nitrogen and oxygen atoms in total. The number of esters is 1. The van der Waals surface area contributed by atoms with Crippen molar-refractivity contribution in [2.24, 2.45) is 0 Å². The standard InChI is InChI=1S/C26H44O7/c1-2-3-4-5-6-7-8-9-10-11-12-13-14-15-16-17-23(29)33-24-22(28)20-30-25(24)26(21-27)31-18-19-32-26/h6-7,9-10,22,24-25,27-28H,2-5,8,11-21H2,1H3/b7-6-,10-9-/t22-,24+,25-/m0/s1. The molecule has 0 radical (unpaired) electrons. The van der Waals surface area contributed by atoms with E-state index in [0.717, 1.165) is 44.9 Å². The van der Waals surface area contributed by atoms with Gasteiger partial charge in [0.1, 0.15) is 12.7 Å². The molecule has 0 bridgehead atoms. The minimum Gasteiger partial charge on any atom is -0.456 e. The van der Waals surface area contributed by atoms with Crippen LogP contribution in [0.4, 0.5) is 0 Å². The van der Waals surface area contributed by atoms with Gasteiger partial charge < -0.3 is 29.2 Å². The van der Waals surface area contributed by atoms with Gasteiger partial charge in [-0.1, -0.05) is 63.3 Å². The fourth-order valence-corrected chi connectivity index (χ4v) is 4.22. The minimum absolute atomic E-state index is 0.0147. The van der Waals surface area contributed by atoms with Crippen molar-refractivity contribution in [3.05, 3.63) is 24.3 Å². The Morgan fingerprint density at radius 2 is 1.61 bits per heavy atom. The molecule has 2 aliphatic rings. The van der Waals surface area contributed by atoms with Crippen LogP contribution in [0.25, 0.3) is 0 Å². The first-order chi connectivity index (χ1) is 16.1. The van der Waals surface area contributed by atoms with Gasteiger partial charge in [0.2, 0.25) is 5.79 Å². The average molecular weight is 469 g/mol. The zero-order valence-electron chi connectivity index (χ0n) is 20.3. The van der Waals surface area contributed by atoms with Crippen molar-refractivity contribution in [1.29, 1.82) is 0 Å². The van der Waals surface area contributed by atoms with Gasteiger partial charge in [-0.2, -0.15) is 0 Å². The van der Waals surface area contributed by atoms with Crippen molar-refractivity contribution in [1.82, 2.24) is 0 Å². The predicted molar refractivity (Wildman–Crippen MR) is 127 cm³/mol. The van der Waals surface area contributed by atoms with Crippen molar-refractivity contribution in [2.75, 3.05) is 26.4 Å². The van der Waals surface area contributed by atoms with Gasteiger partial charge in [-0.05, 0) is 38.5 Å². The molecular weight excluding hydrogens is 424 g/mol. The molecule has 2 rings (SSSR count). The van der Waals surface area contributed by atoms with E-state index in [1.165, 1.54) is 25.7 Å². The summed E-state index contributed by atoms with van der Waals surface area (Å²) in [6.45, 7) is 2.46. The Morgan fingerprint density at radius 1 is 0.970 bits per heavy atom. The lowest BCUT2D eigenvalue weighted by atomic mass is 10.0. The highest BCUT2D eigenvalue weighted by Crippen LogP contribution is 2.33. The van der Waals surface area contributed by atoms with Gasteiger partial charge in [0.25, 0.3) is 0 Å². The lowest BCUT2D eigenvalue weighted by Crippen LogP contribution is -2.54. The van der Waals surface area contributed by atoms with Crippen LogP contribution < -0.4 is 0 Å². The third-order valence-corrected chi connectivity index (χ3v) is 6.15. The monoisotopic (exact) mass is 468 g/mol. The fourth-order valence-electron chi connectivity index (χ4n) is 4.22. The Kier molecular flexibility index (Phi) is 13.9. The van der Waals surface area contributed by atoms with E-state index in [1.807, 2.05) is 0 Å². The molecule has 0 saturated carbocycles. The predicted octanol–water partition coefficient (Wildman–Crippen LogP) is 4.21. The smallest absolute Gasteiger partial charge is 0.306 e. The van der Waals surface area contributed by atoms with Gasteiger partial charge in [0.15, 0.2) is 12.2 Å². The topological polar surface area (TPSA) is 94.5 Å². The van der Waals surface area contributed by atoms with Crippen LogP contribution in [0.1, 0.15) is 84.0 Å². The van der Waals surface area contributed by atoms with Crippen molar-refractivity contribution in [2.45, 2.75) is 108 Å². The Labute approximate surface area is 199 Å². The maximum Gasteiger partial charge on any atom is 0.306 e. The normalized spacial score (nSPS) is 24.9. The highest BCUT2D eigenvalue weighted by atomic mass is 16.8. The zero-order chi connectivity index (χ0) is 23.8. The summed E-state index contributed by atoms with van der Waals surface area (Å²) in [6.07, 6.45) is 19.0. The quantitative estimate of drug-likeness (QED) is 0.188. The molecule has 2 fully saturated rings. The molecule has 0 aromatic rings. The number of carbonyl (C=O) groups is 1. The summed E-state index contributed by atoms with van der Waals surface area (Å²) < 4.78 is 22.1. The maximum atomic E-state index is 12.3. The number of aliphatic hydroxyl groups excluding tert-OH is 2. The zero-order valence-corrected chi connectivity index (χ0v) is 20.3. The van der Waals surface area contributed by atoms with Gasteiger partial charge in [-0.3, -0.25) is 4.79 Å². The molecule has 0 aromatic carbocycles. The number of hydrogen-bond acceptors (Lipinski definition) is 7. The van der Waals surface area contributed by atoms with E-state index in [0.29, 0.717) is 19.6 Å². The maximum absolute atomic E-state index is 12.3. The molecule has 7 heteroatoms. The first-order valence-corrected chi connectivity index (χ1v) is 12.8. The number of allylic oxidation sites excluding steroid dienone is 4. The summed E-state index contributed by atoms with van der Waals surface area (Å²) in [5.41, 5.74) is 0. The number of aliphatic hydroxyl groups is 2. The molecule has 33 heavy (non-hydrogen) atoms. The summed E-state index contributed by atoms with van der Waals surface area (Å²) in [5, 5.41) is 19.9. The van der Waals surface area contributed by atoms with E-state index in [9.17, 15) is 15.0 Å². The molecule has 0 aromatic heterocycles. The van der Waals surface area contributed by atoms with Gasteiger partial charge >= 0.3 is 5.97 Å². The van der Waals surface area contributed by atoms with Crippen LogP contribution in [0.3, 0.4) is 0 Å².